The van der Waals surface area contributed by atoms with Gasteiger partial charge in [-0.25, -0.2) is 4.98 Å². The summed E-state index contributed by atoms with van der Waals surface area (Å²) in [7, 11) is 1.87. The maximum atomic E-state index is 6.05. The molecule has 3 heterocycles. The summed E-state index contributed by atoms with van der Waals surface area (Å²) in [6.45, 7) is 0. The van der Waals surface area contributed by atoms with Gasteiger partial charge in [0.2, 0.25) is 11.7 Å². The largest absolute Gasteiger partial charge is 0.337 e. The Bertz CT molecular complexity index is 642. The first-order chi connectivity index (χ1) is 8.75. The van der Waals surface area contributed by atoms with E-state index in [9.17, 15) is 0 Å². The fourth-order valence-electron chi connectivity index (χ4n) is 1.62. The van der Waals surface area contributed by atoms with Gasteiger partial charge in [-0.05, 0) is 11.4 Å². The van der Waals surface area contributed by atoms with Crippen molar-refractivity contribution in [2.75, 3.05) is 0 Å². The Balaban J connectivity index is 1.93. The topological polar surface area (TPSA) is 82.8 Å². The van der Waals surface area contributed by atoms with Gasteiger partial charge in [-0.3, -0.25) is 0 Å². The summed E-state index contributed by atoms with van der Waals surface area (Å²) in [6.07, 6.45) is 3.51. The van der Waals surface area contributed by atoms with Gasteiger partial charge in [-0.15, -0.1) is 11.3 Å². The van der Waals surface area contributed by atoms with Crippen LogP contribution >= 0.6 is 11.3 Å². The molecule has 7 heteroatoms. The summed E-state index contributed by atoms with van der Waals surface area (Å²) in [5, 5.41) is 5.87. The van der Waals surface area contributed by atoms with Gasteiger partial charge in [0.1, 0.15) is 6.04 Å². The molecule has 0 aliphatic carbocycles. The predicted molar refractivity (Wildman–Crippen MR) is 66.8 cm³/mol. The highest BCUT2D eigenvalue weighted by Crippen LogP contribution is 2.23. The second-order valence-electron chi connectivity index (χ2n) is 3.81. The second-order valence-corrected chi connectivity index (χ2v) is 4.79. The highest BCUT2D eigenvalue weighted by molar-refractivity contribution is 7.10. The van der Waals surface area contributed by atoms with Gasteiger partial charge in [-0.1, -0.05) is 11.2 Å². The molecular weight excluding hydrogens is 250 g/mol. The lowest BCUT2D eigenvalue weighted by molar-refractivity contribution is 0.368. The highest BCUT2D eigenvalue weighted by atomic mass is 32.1. The molecular formula is C11H11N5OS. The minimum absolute atomic E-state index is 0.383. The van der Waals surface area contributed by atoms with Crippen LogP contribution in [0.5, 0.6) is 0 Å². The summed E-state index contributed by atoms with van der Waals surface area (Å²) in [6, 6.07) is 3.50. The van der Waals surface area contributed by atoms with Crippen LogP contribution in [0.2, 0.25) is 0 Å². The highest BCUT2D eigenvalue weighted by Gasteiger charge is 2.19. The molecule has 1 unspecified atom stereocenters. The van der Waals surface area contributed by atoms with Crippen LogP contribution < -0.4 is 5.73 Å². The quantitative estimate of drug-likeness (QED) is 0.774. The second kappa shape index (κ2) is 4.35. The van der Waals surface area contributed by atoms with Crippen LogP contribution in [0.25, 0.3) is 11.6 Å². The van der Waals surface area contributed by atoms with E-state index in [2.05, 4.69) is 15.1 Å². The Morgan fingerprint density at radius 1 is 1.50 bits per heavy atom. The Morgan fingerprint density at radius 3 is 3.06 bits per heavy atom. The van der Waals surface area contributed by atoms with Crippen molar-refractivity contribution in [1.82, 2.24) is 19.7 Å². The molecule has 3 aromatic rings. The van der Waals surface area contributed by atoms with Crippen LogP contribution in [0, 0.1) is 0 Å². The van der Waals surface area contributed by atoms with Crippen LogP contribution in [0.3, 0.4) is 0 Å². The van der Waals surface area contributed by atoms with Gasteiger partial charge in [0.15, 0.2) is 5.82 Å². The monoisotopic (exact) mass is 261 g/mol. The zero-order chi connectivity index (χ0) is 12.5. The molecule has 2 N–H and O–H groups in total. The molecule has 0 aliphatic heterocycles. The summed E-state index contributed by atoms with van der Waals surface area (Å²) < 4.78 is 7.02. The van der Waals surface area contributed by atoms with E-state index in [-0.39, 0.29) is 6.04 Å². The Morgan fingerprint density at radius 2 is 2.39 bits per heavy atom. The van der Waals surface area contributed by atoms with Gasteiger partial charge in [0, 0.05) is 24.3 Å². The number of hydrogen-bond donors (Lipinski definition) is 1. The number of imidazole rings is 1. The smallest absolute Gasteiger partial charge is 0.249 e. The maximum absolute atomic E-state index is 6.05. The van der Waals surface area contributed by atoms with Gasteiger partial charge < -0.3 is 14.8 Å². The Kier molecular flexibility index (Phi) is 2.69. The summed E-state index contributed by atoms with van der Waals surface area (Å²) in [4.78, 5) is 9.44. The number of nitrogens with two attached hydrogens (primary N) is 1. The molecule has 92 valence electrons. The van der Waals surface area contributed by atoms with Gasteiger partial charge in [0.05, 0.1) is 0 Å². The van der Waals surface area contributed by atoms with Crippen molar-refractivity contribution in [1.29, 1.82) is 0 Å². The van der Waals surface area contributed by atoms with Gasteiger partial charge >= 0.3 is 0 Å². The van der Waals surface area contributed by atoms with E-state index in [1.165, 1.54) is 0 Å². The van der Waals surface area contributed by atoms with Crippen LogP contribution in [0.15, 0.2) is 34.4 Å². The molecule has 3 aromatic heterocycles. The average Bonchev–Trinajstić information content (AvgIpc) is 3.09. The molecule has 0 fully saturated rings. The van der Waals surface area contributed by atoms with E-state index in [0.717, 1.165) is 4.88 Å². The van der Waals surface area contributed by atoms with E-state index in [0.29, 0.717) is 17.5 Å². The normalized spacial score (nSPS) is 12.8. The first kappa shape index (κ1) is 11.1. The zero-order valence-corrected chi connectivity index (χ0v) is 10.5. The minimum Gasteiger partial charge on any atom is -0.337 e. The van der Waals surface area contributed by atoms with Crippen LogP contribution in [0.4, 0.5) is 0 Å². The zero-order valence-electron chi connectivity index (χ0n) is 9.65. The molecule has 0 amide bonds. The van der Waals surface area contributed by atoms with Crippen molar-refractivity contribution < 1.29 is 4.52 Å². The number of rotatable bonds is 3. The third-order valence-electron chi connectivity index (χ3n) is 2.58. The number of nitrogens with zero attached hydrogens (tertiary/aromatic N) is 4. The lowest BCUT2D eigenvalue weighted by Crippen LogP contribution is -2.10. The lowest BCUT2D eigenvalue weighted by Gasteiger charge is -2.01. The van der Waals surface area contributed by atoms with Crippen molar-refractivity contribution in [3.8, 4) is 11.6 Å². The molecule has 3 rings (SSSR count). The van der Waals surface area contributed by atoms with E-state index < -0.39 is 0 Å². The van der Waals surface area contributed by atoms with Crippen LogP contribution in [0.1, 0.15) is 16.8 Å². The molecule has 0 spiro atoms. The standard InChI is InChI=1S/C11H11N5OS/c1-16-5-4-13-10(16)9-14-11(17-15-9)8(12)7-3-2-6-18-7/h2-6,8H,12H2,1H3. The first-order valence-corrected chi connectivity index (χ1v) is 6.24. The molecule has 18 heavy (non-hydrogen) atoms. The minimum atomic E-state index is -0.383. The molecule has 0 radical (unpaired) electrons. The fourth-order valence-corrected chi connectivity index (χ4v) is 2.34. The number of aromatic nitrogens is 4. The van der Waals surface area contributed by atoms with Crippen molar-refractivity contribution in [2.24, 2.45) is 12.8 Å². The van der Waals surface area contributed by atoms with E-state index in [4.69, 9.17) is 10.3 Å². The van der Waals surface area contributed by atoms with E-state index >= 15 is 0 Å². The molecule has 0 bridgehead atoms. The number of hydrogen-bond acceptors (Lipinski definition) is 6. The molecule has 0 saturated carbocycles. The van der Waals surface area contributed by atoms with Gasteiger partial charge in [0.25, 0.3) is 0 Å². The van der Waals surface area contributed by atoms with Crippen molar-refractivity contribution in [2.45, 2.75) is 6.04 Å². The van der Waals surface area contributed by atoms with E-state index in [1.807, 2.05) is 35.3 Å². The molecule has 6 nitrogen and oxygen atoms in total. The summed E-state index contributed by atoms with van der Waals surface area (Å²) in [5.41, 5.74) is 6.05. The van der Waals surface area contributed by atoms with Crippen LogP contribution in [-0.4, -0.2) is 19.7 Å². The average molecular weight is 261 g/mol. The lowest BCUT2D eigenvalue weighted by atomic mass is 10.2. The number of thiophene rings is 1. The SMILES string of the molecule is Cn1ccnc1-c1noc(C(N)c2cccs2)n1. The molecule has 0 saturated heterocycles. The number of aryl methyl sites for hydroxylation is 1. The molecule has 1 atom stereocenters. The van der Waals surface area contributed by atoms with Crippen molar-refractivity contribution in [3.63, 3.8) is 0 Å². The summed E-state index contributed by atoms with van der Waals surface area (Å²) >= 11 is 1.56. The molecule has 0 aromatic carbocycles. The Labute approximate surface area is 107 Å². The van der Waals surface area contributed by atoms with Crippen molar-refractivity contribution >= 4 is 11.3 Å². The first-order valence-electron chi connectivity index (χ1n) is 5.36. The molecule has 0 aliphatic rings. The van der Waals surface area contributed by atoms with E-state index in [1.54, 1.807) is 17.5 Å². The summed E-state index contributed by atoms with van der Waals surface area (Å²) in [5.74, 6) is 1.50. The van der Waals surface area contributed by atoms with Gasteiger partial charge in [-0.2, -0.15) is 4.98 Å². The Hall–Kier alpha value is -1.99. The third kappa shape index (κ3) is 1.83. The maximum Gasteiger partial charge on any atom is 0.249 e. The van der Waals surface area contributed by atoms with Crippen LogP contribution in [-0.2, 0) is 7.05 Å². The predicted octanol–water partition coefficient (Wildman–Crippen LogP) is 1.58. The van der Waals surface area contributed by atoms with Crippen molar-refractivity contribution in [3.05, 3.63) is 40.7 Å². The fraction of sp³-hybridized carbons (Fsp3) is 0.182. The third-order valence-corrected chi connectivity index (χ3v) is 3.53.